The van der Waals surface area contributed by atoms with Crippen LogP contribution in [0.2, 0.25) is 0 Å². The van der Waals surface area contributed by atoms with Gasteiger partial charge >= 0.3 is 6.03 Å². The molecule has 1 aromatic heterocycles. The van der Waals surface area contributed by atoms with Gasteiger partial charge in [-0.05, 0) is 74.5 Å². The monoisotopic (exact) mass is 431 g/mol. The van der Waals surface area contributed by atoms with Crippen LogP contribution in [-0.4, -0.2) is 15.3 Å². The van der Waals surface area contributed by atoms with Crippen molar-refractivity contribution in [2.24, 2.45) is 5.92 Å². The smallest absolute Gasteiger partial charge is 0.332 e. The molecule has 1 heterocycles. The number of benzene rings is 1. The Morgan fingerprint density at radius 2 is 2.07 bits per heavy atom. The number of hydrogen-bond acceptors (Lipinski definition) is 5. The molecule has 1 saturated carbocycles. The lowest BCUT2D eigenvalue weighted by Gasteiger charge is -2.20. The first-order valence-corrected chi connectivity index (χ1v) is 12.0. The van der Waals surface area contributed by atoms with Crippen LogP contribution in [-0.2, 0) is 28.4 Å². The highest BCUT2D eigenvalue weighted by Crippen LogP contribution is 2.46. The third kappa shape index (κ3) is 4.11. The number of nitrogens with one attached hydrogen (secondary N) is 3. The normalized spacial score (nSPS) is 19.1. The minimum absolute atomic E-state index is 0.195. The van der Waals surface area contributed by atoms with E-state index < -0.39 is 21.5 Å². The van der Waals surface area contributed by atoms with Crippen molar-refractivity contribution in [1.82, 2.24) is 4.72 Å². The number of hydrogen-bond donors (Lipinski definition) is 4. The fraction of sp³-hybridized carbons (Fsp3) is 0.500. The van der Waals surface area contributed by atoms with E-state index in [1.807, 2.05) is 0 Å². The van der Waals surface area contributed by atoms with Crippen molar-refractivity contribution in [3.63, 3.8) is 0 Å². The van der Waals surface area contributed by atoms with Crippen LogP contribution < -0.4 is 10.0 Å². The topological polar surface area (TPSA) is 115 Å². The molecule has 0 unspecified atom stereocenters. The minimum Gasteiger partial charge on any atom is -0.452 e. The molecule has 30 heavy (non-hydrogen) atoms. The van der Waals surface area contributed by atoms with Crippen molar-refractivity contribution in [2.45, 2.75) is 69.5 Å². The van der Waals surface area contributed by atoms with Crippen LogP contribution in [0.15, 0.2) is 34.0 Å². The Labute approximate surface area is 177 Å². The number of aliphatic hydroxyl groups is 1. The fourth-order valence-electron chi connectivity index (χ4n) is 4.17. The van der Waals surface area contributed by atoms with E-state index in [9.17, 15) is 14.1 Å². The first-order chi connectivity index (χ1) is 14.1. The lowest BCUT2D eigenvalue weighted by atomic mass is 9.91. The van der Waals surface area contributed by atoms with Crippen LogP contribution in [0.25, 0.3) is 0 Å². The van der Waals surface area contributed by atoms with Gasteiger partial charge in [-0.3, -0.25) is 0 Å². The number of fused-ring (bicyclic) bond motifs is 1. The number of aryl methyl sites for hydroxylation is 1. The second-order valence-electron chi connectivity index (χ2n) is 8.97. The number of furan rings is 1. The van der Waals surface area contributed by atoms with Crippen LogP contribution in [0.4, 0.5) is 10.5 Å². The van der Waals surface area contributed by atoms with Crippen molar-refractivity contribution in [3.8, 4) is 0 Å². The molecule has 0 bridgehead atoms. The second-order valence-corrected chi connectivity index (χ2v) is 10.7. The molecule has 4 N–H and O–H groups in total. The van der Waals surface area contributed by atoms with Gasteiger partial charge in [0.1, 0.15) is 0 Å². The highest BCUT2D eigenvalue weighted by molar-refractivity contribution is 7.91. The van der Waals surface area contributed by atoms with E-state index in [2.05, 4.69) is 29.1 Å². The molecule has 7 nitrogen and oxygen atoms in total. The van der Waals surface area contributed by atoms with Gasteiger partial charge in [0.25, 0.3) is 0 Å². The predicted molar refractivity (Wildman–Crippen MR) is 115 cm³/mol. The van der Waals surface area contributed by atoms with Crippen LogP contribution in [0.1, 0.15) is 68.2 Å². The Kier molecular flexibility index (Phi) is 5.18. The summed E-state index contributed by atoms with van der Waals surface area (Å²) >= 11 is 0. The third-order valence-corrected chi connectivity index (χ3v) is 7.43. The van der Waals surface area contributed by atoms with Crippen LogP contribution in [0, 0.1) is 10.7 Å². The van der Waals surface area contributed by atoms with E-state index in [1.54, 1.807) is 13.8 Å². The Morgan fingerprint density at radius 1 is 1.33 bits per heavy atom. The Hall–Kier alpha value is -2.32. The SMILES string of the molecule is C[C@@H](c1ccc2c(c1NC(=O)N[S@@](=N)(=O)c1cc(C(C)(C)O)co1)CCC2)C1CC1. The number of rotatable bonds is 6. The average molecular weight is 432 g/mol. The van der Waals surface area contributed by atoms with Crippen LogP contribution >= 0.6 is 0 Å². The lowest BCUT2D eigenvalue weighted by molar-refractivity contribution is 0.0779. The molecule has 2 amide bonds. The van der Waals surface area contributed by atoms with Gasteiger partial charge < -0.3 is 14.8 Å². The molecule has 1 fully saturated rings. The lowest BCUT2D eigenvalue weighted by Crippen LogP contribution is -2.34. The van der Waals surface area contributed by atoms with Gasteiger partial charge in [-0.25, -0.2) is 18.5 Å². The zero-order chi connectivity index (χ0) is 21.7. The van der Waals surface area contributed by atoms with E-state index in [0.29, 0.717) is 17.4 Å². The zero-order valence-corrected chi connectivity index (χ0v) is 18.4. The van der Waals surface area contributed by atoms with Gasteiger partial charge in [-0.15, -0.1) is 0 Å². The summed E-state index contributed by atoms with van der Waals surface area (Å²) in [6.07, 6.45) is 6.60. The van der Waals surface area contributed by atoms with Gasteiger partial charge in [-0.1, -0.05) is 19.1 Å². The molecule has 1 aromatic carbocycles. The molecule has 2 aromatic rings. The van der Waals surface area contributed by atoms with E-state index in [4.69, 9.17) is 9.20 Å². The van der Waals surface area contributed by atoms with E-state index >= 15 is 0 Å². The predicted octanol–water partition coefficient (Wildman–Crippen LogP) is 4.65. The summed E-state index contributed by atoms with van der Waals surface area (Å²) in [5.41, 5.74) is 3.48. The Morgan fingerprint density at radius 3 is 2.70 bits per heavy atom. The summed E-state index contributed by atoms with van der Waals surface area (Å²) in [6.45, 7) is 5.31. The van der Waals surface area contributed by atoms with Gasteiger partial charge in [0, 0.05) is 17.3 Å². The maximum Gasteiger partial charge on any atom is 0.332 e. The van der Waals surface area contributed by atoms with Crippen molar-refractivity contribution in [2.75, 3.05) is 5.32 Å². The highest BCUT2D eigenvalue weighted by atomic mass is 32.2. The molecule has 2 aliphatic carbocycles. The van der Waals surface area contributed by atoms with E-state index in [-0.39, 0.29) is 5.09 Å². The summed E-state index contributed by atoms with van der Waals surface area (Å²) in [5.74, 6) is 0.975. The second kappa shape index (κ2) is 7.42. The van der Waals surface area contributed by atoms with Gasteiger partial charge in [0.15, 0.2) is 9.92 Å². The number of carbonyl (C=O) groups is 1. The quantitative estimate of drug-likeness (QED) is 0.533. The van der Waals surface area contributed by atoms with E-state index in [0.717, 1.165) is 36.1 Å². The molecular weight excluding hydrogens is 402 g/mol. The highest BCUT2D eigenvalue weighted by Gasteiger charge is 2.32. The number of anilines is 1. The largest absolute Gasteiger partial charge is 0.452 e. The number of amides is 2. The summed E-state index contributed by atoms with van der Waals surface area (Å²) in [5, 5.41) is 12.8. The maximum absolute atomic E-state index is 12.8. The number of urea groups is 1. The molecule has 0 radical (unpaired) electrons. The van der Waals surface area contributed by atoms with Crippen molar-refractivity contribution in [3.05, 3.63) is 46.7 Å². The molecule has 8 heteroatoms. The first-order valence-electron chi connectivity index (χ1n) is 10.4. The molecule has 4 rings (SSSR count). The van der Waals surface area contributed by atoms with Gasteiger partial charge in [-0.2, -0.15) is 0 Å². The van der Waals surface area contributed by atoms with Crippen LogP contribution in [0.3, 0.4) is 0 Å². The van der Waals surface area contributed by atoms with Crippen LogP contribution in [0.5, 0.6) is 0 Å². The van der Waals surface area contributed by atoms with Crippen molar-refractivity contribution < 1.29 is 18.5 Å². The summed E-state index contributed by atoms with van der Waals surface area (Å²) < 4.78 is 28.4. The molecular formula is C22H29N3O4S. The number of carbonyl (C=O) groups excluding carboxylic acids is 1. The summed E-state index contributed by atoms with van der Waals surface area (Å²) in [7, 11) is -3.71. The van der Waals surface area contributed by atoms with E-state index in [1.165, 1.54) is 30.7 Å². The molecule has 0 aliphatic heterocycles. The molecule has 0 saturated heterocycles. The zero-order valence-electron chi connectivity index (χ0n) is 17.6. The minimum atomic E-state index is -3.71. The maximum atomic E-state index is 12.8. The van der Waals surface area contributed by atoms with Crippen molar-refractivity contribution in [1.29, 1.82) is 4.78 Å². The molecule has 2 atom stereocenters. The van der Waals surface area contributed by atoms with Gasteiger partial charge in [0.2, 0.25) is 5.09 Å². The summed E-state index contributed by atoms with van der Waals surface area (Å²) in [4.78, 5) is 12.8. The molecule has 2 aliphatic rings. The summed E-state index contributed by atoms with van der Waals surface area (Å²) in [6, 6.07) is 4.91. The molecule has 162 valence electrons. The van der Waals surface area contributed by atoms with Crippen molar-refractivity contribution >= 4 is 21.6 Å². The standard InChI is InChI=1S/C22H29N3O4S/c1-13(14-7-8-14)17-10-9-15-5-4-6-18(15)20(17)24-21(26)25-30(23,28)19-11-16(12-29-19)22(2,3)27/h9-14,27H,4-8H2,1-3H3,(H3,23,24,25,26,28)/t13-,30-/m1/s1. The molecule has 0 spiro atoms. The Bertz CT molecular complexity index is 1080. The van der Waals surface area contributed by atoms with Gasteiger partial charge in [0.05, 0.1) is 11.9 Å². The fourth-order valence-corrected chi connectivity index (χ4v) is 5.06. The average Bonchev–Trinajstić information content (AvgIpc) is 3.16. The Balaban J connectivity index is 1.57. The first kappa shape index (κ1) is 20.9. The third-order valence-electron chi connectivity index (χ3n) is 6.17.